The van der Waals surface area contributed by atoms with Crippen LogP contribution in [-0.2, 0) is 0 Å². The summed E-state index contributed by atoms with van der Waals surface area (Å²) in [6.07, 6.45) is 0.709. The van der Waals surface area contributed by atoms with E-state index in [1.54, 1.807) is 40.9 Å². The molecule has 6 heteroatoms. The van der Waals surface area contributed by atoms with Gasteiger partial charge in [-0.1, -0.05) is 29.8 Å². The molecule has 3 rings (SSSR count). The Bertz CT molecular complexity index is 771. The minimum absolute atomic E-state index is 0.0558. The molecule has 2 aromatic carbocycles. The molecule has 0 saturated carbocycles. The molecule has 1 heterocycles. The van der Waals surface area contributed by atoms with Gasteiger partial charge in [0.2, 0.25) is 0 Å². The number of rotatable bonds is 3. The minimum atomic E-state index is -0.184. The van der Waals surface area contributed by atoms with Crippen LogP contribution in [-0.4, -0.2) is 36.8 Å². The van der Waals surface area contributed by atoms with Crippen LogP contribution in [0.3, 0.4) is 0 Å². The van der Waals surface area contributed by atoms with E-state index in [0.29, 0.717) is 41.4 Å². The van der Waals surface area contributed by atoms with E-state index in [-0.39, 0.29) is 17.0 Å². The number of halogens is 2. The molecule has 0 aromatic heterocycles. The van der Waals surface area contributed by atoms with Crippen molar-refractivity contribution in [3.8, 4) is 5.75 Å². The predicted molar refractivity (Wildman–Crippen MR) is 100 cm³/mol. The molecule has 25 heavy (non-hydrogen) atoms. The van der Waals surface area contributed by atoms with Crippen LogP contribution in [0.5, 0.6) is 5.75 Å². The third kappa shape index (κ3) is 4.10. The van der Waals surface area contributed by atoms with Crippen molar-refractivity contribution in [1.29, 1.82) is 0 Å². The molecule has 132 valence electrons. The third-order valence-corrected chi connectivity index (χ3v) is 5.82. The molecule has 3 nitrogen and oxygen atoms in total. The van der Waals surface area contributed by atoms with E-state index >= 15 is 0 Å². The molecule has 0 bridgehead atoms. The zero-order valence-electron chi connectivity index (χ0n) is 13.9. The quantitative estimate of drug-likeness (QED) is 0.766. The first kappa shape index (κ1) is 18.1. The van der Waals surface area contributed by atoms with Gasteiger partial charge in [0, 0.05) is 34.7 Å². The molecule has 0 N–H and O–H groups in total. The number of amides is 1. The first-order valence-corrected chi connectivity index (χ1v) is 9.51. The number of benzene rings is 2. The van der Waals surface area contributed by atoms with Crippen LogP contribution < -0.4 is 4.74 Å². The zero-order chi connectivity index (χ0) is 17.8. The highest BCUT2D eigenvalue weighted by atomic mass is 35.5. The number of carbonyl (C=O) groups is 1. The molecule has 1 amide bonds. The van der Waals surface area contributed by atoms with Crippen molar-refractivity contribution in [3.63, 3.8) is 0 Å². The van der Waals surface area contributed by atoms with Gasteiger partial charge in [-0.15, -0.1) is 0 Å². The maximum absolute atomic E-state index is 14.0. The van der Waals surface area contributed by atoms with Crippen LogP contribution in [0.4, 0.5) is 4.39 Å². The molecule has 1 fully saturated rings. The van der Waals surface area contributed by atoms with Crippen LogP contribution >= 0.6 is 23.4 Å². The summed E-state index contributed by atoms with van der Waals surface area (Å²) in [5, 5.41) is 0.554. The van der Waals surface area contributed by atoms with E-state index in [9.17, 15) is 9.18 Å². The molecule has 0 unspecified atom stereocenters. The Morgan fingerprint density at radius 2 is 2.08 bits per heavy atom. The standard InChI is InChI=1S/C19H19ClFNO2S/c1-24-17-7-6-13(20)12-15(17)19(23)22-9-8-18(25-11-10-22)14-4-2-3-5-16(14)21/h2-7,12,18H,8-11H2,1H3/t18-/m0/s1. The van der Waals surface area contributed by atoms with Gasteiger partial charge >= 0.3 is 0 Å². The summed E-state index contributed by atoms with van der Waals surface area (Å²) in [6.45, 7) is 1.19. The van der Waals surface area contributed by atoms with Crippen LogP contribution in [0.1, 0.15) is 27.6 Å². The van der Waals surface area contributed by atoms with Gasteiger partial charge in [-0.05, 0) is 30.7 Å². The molecule has 1 aliphatic heterocycles. The number of carbonyl (C=O) groups excluding carboxylic acids is 1. The van der Waals surface area contributed by atoms with Crippen molar-refractivity contribution >= 4 is 29.3 Å². The highest BCUT2D eigenvalue weighted by Crippen LogP contribution is 2.36. The van der Waals surface area contributed by atoms with Crippen molar-refractivity contribution < 1.29 is 13.9 Å². The van der Waals surface area contributed by atoms with Gasteiger partial charge in [-0.2, -0.15) is 11.8 Å². The number of nitrogens with zero attached hydrogens (tertiary/aromatic N) is 1. The number of hydrogen-bond acceptors (Lipinski definition) is 3. The molecular weight excluding hydrogens is 361 g/mol. The highest BCUT2D eigenvalue weighted by molar-refractivity contribution is 7.99. The monoisotopic (exact) mass is 379 g/mol. The second kappa shape index (κ2) is 8.11. The second-order valence-corrected chi connectivity index (χ2v) is 7.55. The Morgan fingerprint density at radius 3 is 2.84 bits per heavy atom. The minimum Gasteiger partial charge on any atom is -0.496 e. The number of ether oxygens (including phenoxy) is 1. The van der Waals surface area contributed by atoms with Gasteiger partial charge in [0.05, 0.1) is 12.7 Å². The average Bonchev–Trinajstić information content (AvgIpc) is 2.87. The Labute approximate surface area is 156 Å². The van der Waals surface area contributed by atoms with Crippen molar-refractivity contribution in [2.45, 2.75) is 11.7 Å². The van der Waals surface area contributed by atoms with Crippen molar-refractivity contribution in [2.75, 3.05) is 26.0 Å². The number of hydrogen-bond donors (Lipinski definition) is 0. The fourth-order valence-corrected chi connectivity index (χ4v) is 4.40. The average molecular weight is 380 g/mol. The lowest BCUT2D eigenvalue weighted by atomic mass is 10.1. The Kier molecular flexibility index (Phi) is 5.86. The molecule has 1 saturated heterocycles. The highest BCUT2D eigenvalue weighted by Gasteiger charge is 2.26. The van der Waals surface area contributed by atoms with Crippen molar-refractivity contribution in [3.05, 3.63) is 64.4 Å². The topological polar surface area (TPSA) is 29.5 Å². The van der Waals surface area contributed by atoms with Crippen LogP contribution in [0, 0.1) is 5.82 Å². The van der Waals surface area contributed by atoms with Crippen molar-refractivity contribution in [1.82, 2.24) is 4.90 Å². The van der Waals surface area contributed by atoms with E-state index in [4.69, 9.17) is 16.3 Å². The van der Waals surface area contributed by atoms with E-state index in [1.165, 1.54) is 13.2 Å². The largest absolute Gasteiger partial charge is 0.496 e. The van der Waals surface area contributed by atoms with E-state index < -0.39 is 0 Å². The lowest BCUT2D eigenvalue weighted by Gasteiger charge is -2.21. The Balaban J connectivity index is 1.76. The van der Waals surface area contributed by atoms with Crippen LogP contribution in [0.15, 0.2) is 42.5 Å². The lowest BCUT2D eigenvalue weighted by molar-refractivity contribution is 0.0763. The molecule has 0 radical (unpaired) electrons. The van der Waals surface area contributed by atoms with Crippen molar-refractivity contribution in [2.24, 2.45) is 0 Å². The Hall–Kier alpha value is -1.72. The first-order chi connectivity index (χ1) is 12.1. The fraction of sp³-hybridized carbons (Fsp3) is 0.316. The fourth-order valence-electron chi connectivity index (χ4n) is 2.98. The van der Waals surface area contributed by atoms with Gasteiger partial charge in [-0.25, -0.2) is 4.39 Å². The summed E-state index contributed by atoms with van der Waals surface area (Å²) in [7, 11) is 1.53. The van der Waals surface area contributed by atoms with Gasteiger partial charge in [0.15, 0.2) is 0 Å². The van der Waals surface area contributed by atoms with E-state index in [0.717, 1.165) is 5.75 Å². The van der Waals surface area contributed by atoms with Crippen LogP contribution in [0.2, 0.25) is 5.02 Å². The van der Waals surface area contributed by atoms with E-state index in [2.05, 4.69) is 0 Å². The number of thioether (sulfide) groups is 1. The lowest BCUT2D eigenvalue weighted by Crippen LogP contribution is -2.33. The number of methoxy groups -OCH3 is 1. The summed E-state index contributed by atoms with van der Waals surface area (Å²) in [5.74, 6) is 0.982. The summed E-state index contributed by atoms with van der Waals surface area (Å²) in [4.78, 5) is 14.7. The third-order valence-electron chi connectivity index (χ3n) is 4.27. The maximum atomic E-state index is 14.0. The maximum Gasteiger partial charge on any atom is 0.257 e. The summed E-state index contributed by atoms with van der Waals surface area (Å²) in [5.41, 5.74) is 1.17. The van der Waals surface area contributed by atoms with Gasteiger partial charge in [0.25, 0.3) is 5.91 Å². The zero-order valence-corrected chi connectivity index (χ0v) is 15.4. The van der Waals surface area contributed by atoms with Crippen LogP contribution in [0.25, 0.3) is 0 Å². The predicted octanol–water partition coefficient (Wildman–Crippen LogP) is 4.81. The molecule has 0 aliphatic carbocycles. The normalized spacial score (nSPS) is 17.9. The molecule has 1 atom stereocenters. The molecular formula is C19H19ClFNO2S. The van der Waals surface area contributed by atoms with Gasteiger partial charge in [0.1, 0.15) is 11.6 Å². The molecule has 1 aliphatic rings. The summed E-state index contributed by atoms with van der Waals surface area (Å²) < 4.78 is 19.3. The summed E-state index contributed by atoms with van der Waals surface area (Å²) in [6, 6.07) is 11.9. The SMILES string of the molecule is COc1ccc(Cl)cc1C(=O)N1CCS[C@H](c2ccccc2F)CC1. The van der Waals surface area contributed by atoms with Gasteiger partial charge < -0.3 is 9.64 Å². The molecule has 2 aromatic rings. The Morgan fingerprint density at radius 1 is 1.28 bits per heavy atom. The van der Waals surface area contributed by atoms with E-state index in [1.807, 2.05) is 12.1 Å². The smallest absolute Gasteiger partial charge is 0.257 e. The first-order valence-electron chi connectivity index (χ1n) is 8.09. The second-order valence-electron chi connectivity index (χ2n) is 5.81. The summed E-state index contributed by atoms with van der Waals surface area (Å²) >= 11 is 7.73. The van der Waals surface area contributed by atoms with Gasteiger partial charge in [-0.3, -0.25) is 4.79 Å². The molecule has 0 spiro atoms.